The molecule has 2 atom stereocenters. The first kappa shape index (κ1) is 15.4. The fourth-order valence-electron chi connectivity index (χ4n) is 1.64. The Morgan fingerprint density at radius 3 is 2.75 bits per heavy atom. The van der Waals surface area contributed by atoms with Crippen molar-refractivity contribution in [3.05, 3.63) is 34.8 Å². The number of rotatable bonds is 6. The molecule has 2 aromatic rings. The molecule has 0 aliphatic rings. The maximum absolute atomic E-state index is 9.85. The van der Waals surface area contributed by atoms with Crippen LogP contribution < -0.4 is 0 Å². The van der Waals surface area contributed by atoms with Gasteiger partial charge in [0, 0.05) is 12.0 Å². The number of benzene rings is 1. The summed E-state index contributed by atoms with van der Waals surface area (Å²) in [5.74, 6) is 0.471. The molecule has 0 aliphatic heterocycles. The summed E-state index contributed by atoms with van der Waals surface area (Å²) in [6.07, 6.45) is -2.00. The average Bonchev–Trinajstić information content (AvgIpc) is 2.89. The summed E-state index contributed by atoms with van der Waals surface area (Å²) in [5, 5.41) is 28.3. The smallest absolute Gasteiger partial charge is 0.212 e. The van der Waals surface area contributed by atoms with Gasteiger partial charge in [0.25, 0.3) is 0 Å². The summed E-state index contributed by atoms with van der Waals surface area (Å²) < 4.78 is 5.03. The number of hydrogen-bond donors (Lipinski definition) is 3. The highest BCUT2D eigenvalue weighted by molar-refractivity contribution is 7.80. The Morgan fingerprint density at radius 2 is 2.05 bits per heavy atom. The SMILES string of the molecule is Cc1ccccc1-c1nnc(C(O)OC(O)CCS)s1. The van der Waals surface area contributed by atoms with Crippen LogP contribution >= 0.6 is 24.0 Å². The molecule has 2 unspecified atom stereocenters. The van der Waals surface area contributed by atoms with Crippen LogP contribution in [0.15, 0.2) is 24.3 Å². The fraction of sp³-hybridized carbons (Fsp3) is 0.385. The maximum atomic E-state index is 9.85. The zero-order valence-electron chi connectivity index (χ0n) is 10.9. The van der Waals surface area contributed by atoms with E-state index in [1.807, 2.05) is 31.2 Å². The van der Waals surface area contributed by atoms with Crippen molar-refractivity contribution in [3.63, 3.8) is 0 Å². The first-order chi connectivity index (χ1) is 9.61. The summed E-state index contributed by atoms with van der Waals surface area (Å²) in [6, 6.07) is 7.81. The lowest BCUT2D eigenvalue weighted by Crippen LogP contribution is -2.16. The second kappa shape index (κ2) is 7.14. The van der Waals surface area contributed by atoms with Crippen LogP contribution in [0.3, 0.4) is 0 Å². The lowest BCUT2D eigenvalue weighted by Gasteiger charge is -2.13. The Kier molecular flexibility index (Phi) is 5.50. The van der Waals surface area contributed by atoms with E-state index in [0.29, 0.717) is 22.2 Å². The molecule has 0 radical (unpaired) electrons. The number of aliphatic hydroxyl groups is 2. The van der Waals surface area contributed by atoms with Gasteiger partial charge in [-0.15, -0.1) is 10.2 Å². The molecule has 1 aromatic heterocycles. The van der Waals surface area contributed by atoms with Gasteiger partial charge in [-0.1, -0.05) is 35.6 Å². The van der Waals surface area contributed by atoms with Gasteiger partial charge in [0.2, 0.25) is 6.29 Å². The zero-order valence-corrected chi connectivity index (χ0v) is 12.6. The summed E-state index contributed by atoms with van der Waals surface area (Å²) in [5.41, 5.74) is 2.06. The summed E-state index contributed by atoms with van der Waals surface area (Å²) in [7, 11) is 0. The van der Waals surface area contributed by atoms with Gasteiger partial charge in [-0.3, -0.25) is 0 Å². The number of thiol groups is 1. The van der Waals surface area contributed by atoms with E-state index in [2.05, 4.69) is 22.8 Å². The standard InChI is InChI=1S/C13H16N2O3S2/c1-8-4-2-3-5-9(8)11-14-15-12(20-11)13(17)18-10(16)6-7-19/h2-5,10,13,16-17,19H,6-7H2,1H3. The third-order valence-corrected chi connectivity index (χ3v) is 3.93. The molecule has 0 fully saturated rings. The fourth-order valence-corrected chi connectivity index (χ4v) is 2.72. The van der Waals surface area contributed by atoms with E-state index in [-0.39, 0.29) is 0 Å². The monoisotopic (exact) mass is 312 g/mol. The van der Waals surface area contributed by atoms with Gasteiger partial charge in [0.1, 0.15) is 5.01 Å². The lowest BCUT2D eigenvalue weighted by atomic mass is 10.1. The van der Waals surface area contributed by atoms with Gasteiger partial charge in [-0.25, -0.2) is 0 Å². The zero-order chi connectivity index (χ0) is 14.5. The summed E-state index contributed by atoms with van der Waals surface area (Å²) >= 11 is 5.23. The maximum Gasteiger partial charge on any atom is 0.212 e. The Morgan fingerprint density at radius 1 is 1.30 bits per heavy atom. The van der Waals surface area contributed by atoms with Crippen molar-refractivity contribution in [2.45, 2.75) is 25.9 Å². The van der Waals surface area contributed by atoms with E-state index in [0.717, 1.165) is 11.1 Å². The number of nitrogens with zero attached hydrogens (tertiary/aromatic N) is 2. The predicted molar refractivity (Wildman–Crippen MR) is 80.6 cm³/mol. The molecule has 2 N–H and O–H groups in total. The van der Waals surface area contributed by atoms with Crippen molar-refractivity contribution < 1.29 is 14.9 Å². The van der Waals surface area contributed by atoms with Gasteiger partial charge in [-0.2, -0.15) is 12.6 Å². The Bertz CT molecular complexity index is 562. The van der Waals surface area contributed by atoms with E-state index in [9.17, 15) is 10.2 Å². The second-order valence-electron chi connectivity index (χ2n) is 4.22. The molecular formula is C13H16N2O3S2. The van der Waals surface area contributed by atoms with E-state index < -0.39 is 12.6 Å². The molecule has 0 bridgehead atoms. The minimum absolute atomic E-state index is 0.321. The number of ether oxygens (including phenoxy) is 1. The van der Waals surface area contributed by atoms with Crippen LogP contribution in [0.5, 0.6) is 0 Å². The third-order valence-electron chi connectivity index (χ3n) is 2.69. The summed E-state index contributed by atoms with van der Waals surface area (Å²) in [4.78, 5) is 0. The molecule has 0 amide bonds. The van der Waals surface area contributed by atoms with Crippen molar-refractivity contribution in [2.24, 2.45) is 0 Å². The molecule has 5 nitrogen and oxygen atoms in total. The van der Waals surface area contributed by atoms with Gasteiger partial charge < -0.3 is 14.9 Å². The first-order valence-electron chi connectivity index (χ1n) is 6.13. The van der Waals surface area contributed by atoms with E-state index in [4.69, 9.17) is 4.74 Å². The first-order valence-corrected chi connectivity index (χ1v) is 7.58. The second-order valence-corrected chi connectivity index (χ2v) is 5.67. The molecule has 2 rings (SSSR count). The highest BCUT2D eigenvalue weighted by atomic mass is 32.1. The van der Waals surface area contributed by atoms with Gasteiger partial charge in [0.05, 0.1) is 0 Å². The largest absolute Gasteiger partial charge is 0.368 e. The number of aliphatic hydroxyl groups excluding tert-OH is 2. The average molecular weight is 312 g/mol. The van der Waals surface area contributed by atoms with Crippen LogP contribution in [-0.4, -0.2) is 32.5 Å². The molecule has 0 aliphatic carbocycles. The van der Waals surface area contributed by atoms with Crippen molar-refractivity contribution in [3.8, 4) is 10.6 Å². The predicted octanol–water partition coefficient (Wildman–Crippen LogP) is 2.16. The Labute approximate surface area is 126 Å². The van der Waals surface area contributed by atoms with Crippen LogP contribution in [0.25, 0.3) is 10.6 Å². The van der Waals surface area contributed by atoms with E-state index in [1.54, 1.807) is 0 Å². The minimum Gasteiger partial charge on any atom is -0.368 e. The van der Waals surface area contributed by atoms with Gasteiger partial charge in [0.15, 0.2) is 11.3 Å². The molecule has 108 valence electrons. The molecule has 0 spiro atoms. The molecule has 20 heavy (non-hydrogen) atoms. The molecule has 0 saturated carbocycles. The topological polar surface area (TPSA) is 75.5 Å². The Balaban J connectivity index is 2.11. The van der Waals surface area contributed by atoms with Crippen LogP contribution in [0.2, 0.25) is 0 Å². The molecule has 7 heteroatoms. The van der Waals surface area contributed by atoms with Crippen LogP contribution in [0.1, 0.15) is 23.3 Å². The highest BCUT2D eigenvalue weighted by Gasteiger charge is 2.19. The van der Waals surface area contributed by atoms with Crippen LogP contribution in [0.4, 0.5) is 0 Å². The van der Waals surface area contributed by atoms with E-state index in [1.165, 1.54) is 11.3 Å². The quantitative estimate of drug-likeness (QED) is 0.563. The molecular weight excluding hydrogens is 296 g/mol. The minimum atomic E-state index is -1.28. The van der Waals surface area contributed by atoms with E-state index >= 15 is 0 Å². The number of hydrogen-bond acceptors (Lipinski definition) is 7. The third kappa shape index (κ3) is 3.77. The van der Waals surface area contributed by atoms with Gasteiger partial charge >= 0.3 is 0 Å². The van der Waals surface area contributed by atoms with Crippen molar-refractivity contribution in [1.29, 1.82) is 0 Å². The summed E-state index contributed by atoms with van der Waals surface area (Å²) in [6.45, 7) is 1.99. The van der Waals surface area contributed by atoms with Crippen molar-refractivity contribution >= 4 is 24.0 Å². The van der Waals surface area contributed by atoms with Crippen molar-refractivity contribution in [1.82, 2.24) is 10.2 Å². The van der Waals surface area contributed by atoms with Crippen LogP contribution in [-0.2, 0) is 4.74 Å². The number of aryl methyl sites for hydroxylation is 1. The van der Waals surface area contributed by atoms with Gasteiger partial charge in [-0.05, 0) is 18.2 Å². The van der Waals surface area contributed by atoms with Crippen LogP contribution in [0, 0.1) is 6.92 Å². The Hall–Kier alpha value is -0.990. The normalized spacial score (nSPS) is 14.2. The number of aromatic nitrogens is 2. The molecule has 0 saturated heterocycles. The lowest BCUT2D eigenvalue weighted by molar-refractivity contribution is -0.211. The molecule has 1 heterocycles. The molecule has 1 aromatic carbocycles. The van der Waals surface area contributed by atoms with Crippen molar-refractivity contribution in [2.75, 3.05) is 5.75 Å². The highest BCUT2D eigenvalue weighted by Crippen LogP contribution is 2.29.